The van der Waals surface area contributed by atoms with Crippen molar-refractivity contribution >= 4 is 16.1 Å². The zero-order chi connectivity index (χ0) is 17.1. The van der Waals surface area contributed by atoms with Gasteiger partial charge in [-0.3, -0.25) is 0 Å². The average Bonchev–Trinajstić information content (AvgIpc) is 2.99. The molecular weight excluding hydrogens is 318 g/mol. The number of urea groups is 1. The molecule has 8 heteroatoms. The first kappa shape index (κ1) is 20.2. The molecule has 1 unspecified atom stereocenters. The van der Waals surface area contributed by atoms with E-state index < -0.39 is 10.0 Å². The van der Waals surface area contributed by atoms with E-state index in [1.165, 1.54) is 25.7 Å². The minimum atomic E-state index is -3.40. The highest BCUT2D eigenvalue weighted by atomic mass is 32.2. The molecule has 1 aliphatic rings. The fourth-order valence-electron chi connectivity index (χ4n) is 3.02. The molecule has 0 aromatic rings. The van der Waals surface area contributed by atoms with Crippen LogP contribution in [0.25, 0.3) is 0 Å². The summed E-state index contributed by atoms with van der Waals surface area (Å²) in [6.45, 7) is 3.74. The first-order chi connectivity index (χ1) is 10.9. The van der Waals surface area contributed by atoms with Crippen LogP contribution in [0.15, 0.2) is 0 Å². The Morgan fingerprint density at radius 2 is 1.87 bits per heavy atom. The molecule has 2 amide bonds. The van der Waals surface area contributed by atoms with Crippen molar-refractivity contribution in [1.82, 2.24) is 10.6 Å². The highest BCUT2D eigenvalue weighted by Crippen LogP contribution is 2.30. The van der Waals surface area contributed by atoms with Crippen molar-refractivity contribution in [3.63, 3.8) is 0 Å². The molecule has 1 atom stereocenters. The quantitative estimate of drug-likeness (QED) is 0.489. The normalized spacial score (nSPS) is 17.1. The second kappa shape index (κ2) is 10.8. The van der Waals surface area contributed by atoms with Crippen molar-refractivity contribution in [3.8, 4) is 0 Å². The lowest BCUT2D eigenvalue weighted by Crippen LogP contribution is -2.38. The number of nitrogens with one attached hydrogen (secondary N) is 2. The predicted molar refractivity (Wildman–Crippen MR) is 90.6 cm³/mol. The van der Waals surface area contributed by atoms with E-state index >= 15 is 0 Å². The van der Waals surface area contributed by atoms with Crippen LogP contribution in [0.1, 0.15) is 51.9 Å². The van der Waals surface area contributed by atoms with E-state index in [0.717, 1.165) is 6.42 Å². The Hall–Kier alpha value is -0.860. The van der Waals surface area contributed by atoms with Gasteiger partial charge in [0, 0.05) is 19.7 Å². The molecule has 7 nitrogen and oxygen atoms in total. The lowest BCUT2D eigenvalue weighted by Gasteiger charge is -2.23. The number of hydrogen-bond acceptors (Lipinski definition) is 4. The van der Waals surface area contributed by atoms with Gasteiger partial charge in [0.05, 0.1) is 11.9 Å². The van der Waals surface area contributed by atoms with Crippen molar-refractivity contribution in [1.29, 1.82) is 0 Å². The van der Waals surface area contributed by atoms with E-state index in [1.807, 2.05) is 6.92 Å². The number of ether oxygens (including phenoxy) is 1. The molecular formula is C15H31N3O4S. The average molecular weight is 349 g/mol. The molecule has 23 heavy (non-hydrogen) atoms. The Morgan fingerprint density at radius 3 is 2.48 bits per heavy atom. The summed E-state index contributed by atoms with van der Waals surface area (Å²) in [5, 5.41) is 10.5. The fourth-order valence-corrected chi connectivity index (χ4v) is 3.63. The molecule has 1 aliphatic carbocycles. The van der Waals surface area contributed by atoms with Crippen LogP contribution in [0.3, 0.4) is 0 Å². The van der Waals surface area contributed by atoms with Crippen molar-refractivity contribution in [2.24, 2.45) is 11.1 Å². The van der Waals surface area contributed by atoms with Crippen molar-refractivity contribution in [2.45, 2.75) is 58.0 Å². The third-order valence-corrected chi connectivity index (χ3v) is 5.02. The Balaban J connectivity index is 2.09. The third kappa shape index (κ3) is 9.78. The monoisotopic (exact) mass is 349 g/mol. The Morgan fingerprint density at radius 1 is 1.22 bits per heavy atom. The summed E-state index contributed by atoms with van der Waals surface area (Å²) in [7, 11) is -3.40. The van der Waals surface area contributed by atoms with Gasteiger partial charge in [0.2, 0.25) is 10.0 Å². The summed E-state index contributed by atoms with van der Waals surface area (Å²) in [5.74, 6) is 0.575. The summed E-state index contributed by atoms with van der Waals surface area (Å²) in [6.07, 6.45) is 7.11. The van der Waals surface area contributed by atoms with Gasteiger partial charge >= 0.3 is 6.03 Å². The van der Waals surface area contributed by atoms with Crippen LogP contribution < -0.4 is 15.8 Å². The minimum Gasteiger partial charge on any atom is -0.378 e. The van der Waals surface area contributed by atoms with Crippen LogP contribution >= 0.6 is 0 Å². The van der Waals surface area contributed by atoms with Crippen LogP contribution in [-0.2, 0) is 14.8 Å². The Labute approximate surface area is 139 Å². The van der Waals surface area contributed by atoms with Gasteiger partial charge in [-0.15, -0.1) is 0 Å². The maximum atomic E-state index is 11.7. The molecule has 0 heterocycles. The number of carbonyl (C=O) groups is 1. The van der Waals surface area contributed by atoms with Gasteiger partial charge in [-0.25, -0.2) is 18.4 Å². The van der Waals surface area contributed by atoms with E-state index in [4.69, 9.17) is 9.88 Å². The van der Waals surface area contributed by atoms with Gasteiger partial charge in [0.25, 0.3) is 0 Å². The molecule has 4 N–H and O–H groups in total. The Bertz CT molecular complexity index is 436. The summed E-state index contributed by atoms with van der Waals surface area (Å²) in [4.78, 5) is 11.7. The topological polar surface area (TPSA) is 111 Å². The number of unbranched alkanes of at least 4 members (excludes halogenated alkanes) is 1. The van der Waals surface area contributed by atoms with Gasteiger partial charge in [-0.05, 0) is 44.9 Å². The zero-order valence-corrected chi connectivity index (χ0v) is 14.9. The summed E-state index contributed by atoms with van der Waals surface area (Å²) >= 11 is 0. The third-order valence-electron chi connectivity index (χ3n) is 4.16. The largest absolute Gasteiger partial charge is 0.378 e. The lowest BCUT2D eigenvalue weighted by molar-refractivity contribution is 0.0167. The molecule has 1 saturated carbocycles. The summed E-state index contributed by atoms with van der Waals surface area (Å²) < 4.78 is 27.3. The smallest absolute Gasteiger partial charge is 0.314 e. The molecule has 0 aromatic carbocycles. The van der Waals surface area contributed by atoms with Crippen molar-refractivity contribution in [3.05, 3.63) is 0 Å². The standard InChI is InChI=1S/C15H31N3O4S/c1-2-22-14(13-7-3-4-8-13)9-11-18-15(19)17-10-5-6-12-23(16,20)21/h13-14H,2-12H2,1H3,(H2,16,20,21)(H2,17,18,19). The van der Waals surface area contributed by atoms with Crippen LogP contribution in [0.2, 0.25) is 0 Å². The molecule has 0 aromatic heterocycles. The van der Waals surface area contributed by atoms with Crippen LogP contribution in [0.5, 0.6) is 0 Å². The second-order valence-electron chi connectivity index (χ2n) is 6.08. The highest BCUT2D eigenvalue weighted by molar-refractivity contribution is 7.89. The van der Waals surface area contributed by atoms with Crippen LogP contribution in [0, 0.1) is 5.92 Å². The zero-order valence-electron chi connectivity index (χ0n) is 14.1. The lowest BCUT2D eigenvalue weighted by atomic mass is 9.98. The highest BCUT2D eigenvalue weighted by Gasteiger charge is 2.25. The van der Waals surface area contributed by atoms with E-state index in [2.05, 4.69) is 10.6 Å². The first-order valence-electron chi connectivity index (χ1n) is 8.56. The van der Waals surface area contributed by atoms with E-state index in [-0.39, 0.29) is 17.9 Å². The number of sulfonamides is 1. The summed E-state index contributed by atoms with van der Waals surface area (Å²) in [6, 6.07) is -0.220. The maximum absolute atomic E-state index is 11.7. The fraction of sp³-hybridized carbons (Fsp3) is 0.933. The number of amides is 2. The number of rotatable bonds is 11. The second-order valence-corrected chi connectivity index (χ2v) is 7.82. The SMILES string of the molecule is CCOC(CCNC(=O)NCCCCS(N)(=O)=O)C1CCCC1. The number of nitrogens with two attached hydrogens (primary N) is 1. The van der Waals surface area contributed by atoms with Gasteiger partial charge in [-0.2, -0.15) is 0 Å². The first-order valence-corrected chi connectivity index (χ1v) is 10.3. The molecule has 0 aliphatic heterocycles. The number of primary sulfonamides is 1. The van der Waals surface area contributed by atoms with Crippen LogP contribution in [0.4, 0.5) is 4.79 Å². The van der Waals surface area contributed by atoms with Gasteiger partial charge < -0.3 is 15.4 Å². The number of hydrogen-bond donors (Lipinski definition) is 3. The minimum absolute atomic E-state index is 0.0479. The molecule has 136 valence electrons. The van der Waals surface area contributed by atoms with Crippen molar-refractivity contribution in [2.75, 3.05) is 25.4 Å². The maximum Gasteiger partial charge on any atom is 0.314 e. The van der Waals surface area contributed by atoms with Crippen LogP contribution in [-0.4, -0.2) is 46.0 Å². The molecule has 0 bridgehead atoms. The van der Waals surface area contributed by atoms with E-state index in [0.29, 0.717) is 38.5 Å². The molecule has 0 spiro atoms. The molecule has 1 rings (SSSR count). The molecule has 0 saturated heterocycles. The number of carbonyl (C=O) groups excluding carboxylic acids is 1. The molecule has 0 radical (unpaired) electrons. The van der Waals surface area contributed by atoms with Crippen molar-refractivity contribution < 1.29 is 17.9 Å². The summed E-state index contributed by atoms with van der Waals surface area (Å²) in [5.41, 5.74) is 0. The van der Waals surface area contributed by atoms with E-state index in [1.54, 1.807) is 0 Å². The van der Waals surface area contributed by atoms with Gasteiger partial charge in [0.1, 0.15) is 0 Å². The van der Waals surface area contributed by atoms with E-state index in [9.17, 15) is 13.2 Å². The van der Waals surface area contributed by atoms with Gasteiger partial charge in [0.15, 0.2) is 0 Å². The molecule has 1 fully saturated rings. The Kier molecular flexibility index (Phi) is 9.50. The predicted octanol–water partition coefficient (Wildman–Crippen LogP) is 1.34. The van der Waals surface area contributed by atoms with Gasteiger partial charge in [-0.1, -0.05) is 12.8 Å².